The molecule has 1 unspecified atom stereocenters. The van der Waals surface area contributed by atoms with E-state index < -0.39 is 0 Å². The third kappa shape index (κ3) is 3.59. The van der Waals surface area contributed by atoms with E-state index in [0.29, 0.717) is 11.8 Å². The molecule has 1 aliphatic heterocycles. The summed E-state index contributed by atoms with van der Waals surface area (Å²) in [6, 6.07) is 10.2. The van der Waals surface area contributed by atoms with Crippen LogP contribution in [-0.2, 0) is 0 Å². The van der Waals surface area contributed by atoms with Gasteiger partial charge in [-0.1, -0.05) is 6.07 Å². The fourth-order valence-electron chi connectivity index (χ4n) is 3.90. The van der Waals surface area contributed by atoms with Crippen LogP contribution in [0.25, 0.3) is 33.3 Å². The predicted molar refractivity (Wildman–Crippen MR) is 116 cm³/mol. The van der Waals surface area contributed by atoms with Crippen LogP contribution in [0.4, 0.5) is 0 Å². The molecule has 3 aromatic heterocycles. The number of nitrogens with zero attached hydrogens (tertiary/aromatic N) is 3. The van der Waals surface area contributed by atoms with E-state index >= 15 is 0 Å². The maximum atomic E-state index is 6.06. The van der Waals surface area contributed by atoms with Crippen molar-refractivity contribution in [3.63, 3.8) is 0 Å². The van der Waals surface area contributed by atoms with E-state index in [4.69, 9.17) is 14.5 Å². The van der Waals surface area contributed by atoms with Gasteiger partial charge in [-0.05, 0) is 49.2 Å². The summed E-state index contributed by atoms with van der Waals surface area (Å²) < 4.78 is 11.5. The van der Waals surface area contributed by atoms with Gasteiger partial charge in [-0.2, -0.15) is 0 Å². The molecule has 30 heavy (non-hydrogen) atoms. The molecule has 1 aliphatic rings. The Labute approximate surface area is 174 Å². The molecule has 0 spiro atoms. The number of benzene rings is 1. The number of H-pyrrole nitrogens is 1. The van der Waals surface area contributed by atoms with Crippen molar-refractivity contribution >= 4 is 10.9 Å². The van der Waals surface area contributed by atoms with Crippen LogP contribution in [0.5, 0.6) is 11.8 Å². The number of fused-ring (bicyclic) bond motifs is 1. The van der Waals surface area contributed by atoms with Gasteiger partial charge >= 0.3 is 0 Å². The summed E-state index contributed by atoms with van der Waals surface area (Å²) in [6.07, 6.45) is 9.42. The molecule has 0 bridgehead atoms. The van der Waals surface area contributed by atoms with Crippen molar-refractivity contribution in [2.45, 2.75) is 18.9 Å². The zero-order chi connectivity index (χ0) is 20.3. The van der Waals surface area contributed by atoms with Crippen LogP contribution < -0.4 is 14.8 Å². The molecule has 0 amide bonds. The molecule has 5 rings (SSSR count). The van der Waals surface area contributed by atoms with E-state index in [2.05, 4.69) is 38.5 Å². The first-order valence-corrected chi connectivity index (χ1v) is 10.1. The summed E-state index contributed by atoms with van der Waals surface area (Å²) in [4.78, 5) is 16.7. The lowest BCUT2D eigenvalue weighted by Gasteiger charge is -2.23. The molecule has 1 aromatic carbocycles. The molecular formula is C23H23N5O2. The van der Waals surface area contributed by atoms with Crippen LogP contribution in [-0.4, -0.2) is 46.2 Å². The highest BCUT2D eigenvalue weighted by Gasteiger charge is 2.17. The highest BCUT2D eigenvalue weighted by atomic mass is 16.5. The number of rotatable bonds is 5. The number of hydrogen-bond acceptors (Lipinski definition) is 6. The highest BCUT2D eigenvalue weighted by Crippen LogP contribution is 2.34. The number of methoxy groups -OCH3 is 1. The first kappa shape index (κ1) is 18.6. The lowest BCUT2D eigenvalue weighted by molar-refractivity contribution is 0.160. The number of ether oxygens (including phenoxy) is 2. The Bertz CT molecular complexity index is 1170. The number of aromatic amines is 1. The van der Waals surface area contributed by atoms with E-state index in [9.17, 15) is 0 Å². The van der Waals surface area contributed by atoms with E-state index in [1.807, 2.05) is 18.3 Å². The summed E-state index contributed by atoms with van der Waals surface area (Å²) in [5.74, 6) is 1.16. The van der Waals surface area contributed by atoms with Crippen molar-refractivity contribution < 1.29 is 9.47 Å². The fourth-order valence-corrected chi connectivity index (χ4v) is 3.90. The number of aromatic nitrogens is 4. The standard InChI is InChI=1S/C23H23N5O2/c1-29-23-17(5-3-9-26-23)15-6-7-20-18(10-15)19(12-27-20)21-13-25-14-22(28-21)30-16-4-2-8-24-11-16/h3,5-7,9-10,12-14,16,24,27H,2,4,8,11H2,1H3. The highest BCUT2D eigenvalue weighted by molar-refractivity contribution is 5.97. The molecule has 0 saturated carbocycles. The van der Waals surface area contributed by atoms with Crippen LogP contribution in [0.2, 0.25) is 0 Å². The van der Waals surface area contributed by atoms with Crippen LogP contribution >= 0.6 is 0 Å². The fraction of sp³-hybridized carbons (Fsp3) is 0.261. The Morgan fingerprint density at radius 3 is 2.97 bits per heavy atom. The van der Waals surface area contributed by atoms with Gasteiger partial charge in [0, 0.05) is 41.0 Å². The second kappa shape index (κ2) is 8.12. The lowest BCUT2D eigenvalue weighted by Crippen LogP contribution is -2.37. The Morgan fingerprint density at radius 1 is 1.13 bits per heavy atom. The van der Waals surface area contributed by atoms with Crippen LogP contribution in [0, 0.1) is 0 Å². The monoisotopic (exact) mass is 401 g/mol. The largest absolute Gasteiger partial charge is 0.481 e. The minimum absolute atomic E-state index is 0.135. The Balaban J connectivity index is 1.51. The van der Waals surface area contributed by atoms with Crippen molar-refractivity contribution in [1.29, 1.82) is 0 Å². The van der Waals surface area contributed by atoms with Gasteiger partial charge in [0.1, 0.15) is 6.10 Å². The van der Waals surface area contributed by atoms with Crippen molar-refractivity contribution in [2.24, 2.45) is 0 Å². The summed E-state index contributed by atoms with van der Waals surface area (Å²) in [5, 5.41) is 4.42. The zero-order valence-corrected chi connectivity index (χ0v) is 16.8. The molecule has 0 aliphatic carbocycles. The smallest absolute Gasteiger partial charge is 0.233 e. The van der Waals surface area contributed by atoms with Gasteiger partial charge in [-0.15, -0.1) is 0 Å². The van der Waals surface area contributed by atoms with Crippen molar-refractivity contribution in [3.8, 4) is 34.1 Å². The van der Waals surface area contributed by atoms with E-state index in [0.717, 1.165) is 59.2 Å². The van der Waals surface area contributed by atoms with Gasteiger partial charge in [-0.3, -0.25) is 4.98 Å². The topological polar surface area (TPSA) is 85.0 Å². The summed E-state index contributed by atoms with van der Waals surface area (Å²) >= 11 is 0. The Morgan fingerprint density at radius 2 is 2.10 bits per heavy atom. The summed E-state index contributed by atoms with van der Waals surface area (Å²) in [7, 11) is 1.63. The molecule has 4 aromatic rings. The van der Waals surface area contributed by atoms with Gasteiger partial charge < -0.3 is 19.8 Å². The second-order valence-corrected chi connectivity index (χ2v) is 7.35. The van der Waals surface area contributed by atoms with Crippen molar-refractivity contribution in [2.75, 3.05) is 20.2 Å². The zero-order valence-electron chi connectivity index (χ0n) is 16.8. The number of hydrogen-bond donors (Lipinski definition) is 2. The minimum atomic E-state index is 0.135. The number of piperidine rings is 1. The lowest BCUT2D eigenvalue weighted by atomic mass is 10.0. The van der Waals surface area contributed by atoms with Crippen molar-refractivity contribution in [1.82, 2.24) is 25.3 Å². The molecular weight excluding hydrogens is 378 g/mol. The first-order chi connectivity index (χ1) is 14.8. The van der Waals surface area contributed by atoms with Gasteiger partial charge in [-0.25, -0.2) is 9.97 Å². The number of pyridine rings is 1. The molecule has 7 nitrogen and oxygen atoms in total. The Kier molecular flexibility index (Phi) is 5.03. The van der Waals surface area contributed by atoms with E-state index in [-0.39, 0.29) is 6.10 Å². The number of nitrogens with one attached hydrogen (secondary N) is 2. The van der Waals surface area contributed by atoms with Gasteiger partial charge in [0.15, 0.2) is 0 Å². The average molecular weight is 401 g/mol. The van der Waals surface area contributed by atoms with Gasteiger partial charge in [0.2, 0.25) is 11.8 Å². The van der Waals surface area contributed by atoms with Crippen LogP contribution in [0.1, 0.15) is 12.8 Å². The Hall–Kier alpha value is -3.45. The molecule has 1 saturated heterocycles. The van der Waals surface area contributed by atoms with Gasteiger partial charge in [0.05, 0.1) is 25.2 Å². The third-order valence-corrected chi connectivity index (χ3v) is 5.38. The molecule has 7 heteroatoms. The van der Waals surface area contributed by atoms with Crippen LogP contribution in [0.15, 0.2) is 55.1 Å². The van der Waals surface area contributed by atoms with E-state index in [1.165, 1.54) is 0 Å². The molecule has 1 fully saturated rings. The second-order valence-electron chi connectivity index (χ2n) is 7.35. The predicted octanol–water partition coefficient (Wildman–Crippen LogP) is 3.83. The normalized spacial score (nSPS) is 16.5. The maximum Gasteiger partial charge on any atom is 0.233 e. The van der Waals surface area contributed by atoms with Crippen molar-refractivity contribution in [3.05, 3.63) is 55.1 Å². The minimum Gasteiger partial charge on any atom is -0.481 e. The molecule has 4 heterocycles. The average Bonchev–Trinajstić information content (AvgIpc) is 3.23. The SMILES string of the molecule is COc1ncccc1-c1ccc2[nH]cc(-c3cncc(OC4CCCNC4)n3)c2c1. The van der Waals surface area contributed by atoms with Gasteiger partial charge in [0.25, 0.3) is 0 Å². The molecule has 1 atom stereocenters. The molecule has 2 N–H and O–H groups in total. The van der Waals surface area contributed by atoms with E-state index in [1.54, 1.807) is 25.7 Å². The molecule has 152 valence electrons. The maximum absolute atomic E-state index is 6.06. The first-order valence-electron chi connectivity index (χ1n) is 10.1. The summed E-state index contributed by atoms with van der Waals surface area (Å²) in [5.41, 5.74) is 4.76. The van der Waals surface area contributed by atoms with Crippen LogP contribution in [0.3, 0.4) is 0 Å². The third-order valence-electron chi connectivity index (χ3n) is 5.38. The summed E-state index contributed by atoms with van der Waals surface area (Å²) in [6.45, 7) is 1.89. The molecule has 0 radical (unpaired) electrons. The quantitative estimate of drug-likeness (QED) is 0.529.